The normalized spacial score (nSPS) is 22.9. The van der Waals surface area contributed by atoms with Gasteiger partial charge < -0.3 is 9.84 Å². The molecule has 1 N–H and O–H groups in total. The van der Waals surface area contributed by atoms with E-state index >= 15 is 0 Å². The van der Waals surface area contributed by atoms with Crippen molar-refractivity contribution in [2.24, 2.45) is 0 Å². The van der Waals surface area contributed by atoms with E-state index in [1.165, 1.54) is 14.0 Å². The van der Waals surface area contributed by atoms with E-state index in [2.05, 4.69) is 9.64 Å². The highest BCUT2D eigenvalue weighted by Gasteiger charge is 2.33. The van der Waals surface area contributed by atoms with E-state index in [9.17, 15) is 9.90 Å². The Morgan fingerprint density at radius 1 is 1.53 bits per heavy atom. The van der Waals surface area contributed by atoms with Gasteiger partial charge in [0.05, 0.1) is 7.11 Å². The minimum absolute atomic E-state index is 0.361. The number of nitrogens with zero attached hydrogens (tertiary/aromatic N) is 1. The number of esters is 1. The van der Waals surface area contributed by atoms with Crippen molar-refractivity contribution in [1.29, 1.82) is 0 Å². The average molecular weight is 233 g/mol. The zero-order chi connectivity index (χ0) is 11.3. The quantitative estimate of drug-likeness (QED) is 0.713. The topological polar surface area (TPSA) is 49.8 Å². The predicted octanol–water partition coefficient (Wildman–Crippen LogP) is 0.349. The molecule has 1 rings (SSSR count). The zero-order valence-electron chi connectivity index (χ0n) is 9.36. The molecule has 0 radical (unpaired) electrons. The Hall–Kier alpha value is -0.260. The van der Waals surface area contributed by atoms with Gasteiger partial charge in [-0.05, 0) is 25.6 Å². The fourth-order valence-electron chi connectivity index (χ4n) is 1.68. The first-order chi connectivity index (χ1) is 7.06. The largest absolute Gasteiger partial charge is 0.467 e. The standard InChI is InChI=1S/C10H19NO3S/c1-10(13,9(12)14-2)8-11-4-3-6-15-7-5-11/h13H,3-8H2,1-2H3. The molecule has 1 atom stereocenters. The highest BCUT2D eigenvalue weighted by Crippen LogP contribution is 2.14. The molecule has 1 aliphatic rings. The number of carbonyl (C=O) groups excluding carboxylic acids is 1. The van der Waals surface area contributed by atoms with Gasteiger partial charge in [0.2, 0.25) is 0 Å². The molecule has 0 bridgehead atoms. The van der Waals surface area contributed by atoms with Gasteiger partial charge in [-0.15, -0.1) is 0 Å². The summed E-state index contributed by atoms with van der Waals surface area (Å²) in [4.78, 5) is 13.4. The van der Waals surface area contributed by atoms with Crippen LogP contribution in [0.15, 0.2) is 0 Å². The second kappa shape index (κ2) is 5.72. The molecule has 0 aromatic heterocycles. The number of ether oxygens (including phenoxy) is 1. The third kappa shape index (κ3) is 4.01. The van der Waals surface area contributed by atoms with Gasteiger partial charge in [0.15, 0.2) is 5.60 Å². The lowest BCUT2D eigenvalue weighted by atomic mass is 10.1. The van der Waals surface area contributed by atoms with Crippen LogP contribution in [0, 0.1) is 0 Å². The number of methoxy groups -OCH3 is 1. The Morgan fingerprint density at radius 2 is 2.27 bits per heavy atom. The van der Waals surface area contributed by atoms with E-state index in [1.807, 2.05) is 11.8 Å². The molecule has 0 saturated carbocycles. The van der Waals surface area contributed by atoms with Gasteiger partial charge in [-0.25, -0.2) is 4.79 Å². The Morgan fingerprint density at radius 3 is 2.93 bits per heavy atom. The van der Waals surface area contributed by atoms with Gasteiger partial charge in [0.25, 0.3) is 0 Å². The first-order valence-corrected chi connectivity index (χ1v) is 6.32. The minimum atomic E-state index is -1.39. The first kappa shape index (κ1) is 12.8. The molecular weight excluding hydrogens is 214 g/mol. The van der Waals surface area contributed by atoms with Crippen molar-refractivity contribution in [2.45, 2.75) is 18.9 Å². The van der Waals surface area contributed by atoms with Crippen molar-refractivity contribution in [3.63, 3.8) is 0 Å². The summed E-state index contributed by atoms with van der Waals surface area (Å²) in [7, 11) is 1.30. The van der Waals surface area contributed by atoms with Crippen LogP contribution < -0.4 is 0 Å². The highest BCUT2D eigenvalue weighted by molar-refractivity contribution is 7.99. The maximum absolute atomic E-state index is 11.3. The molecule has 1 heterocycles. The molecule has 1 fully saturated rings. The van der Waals surface area contributed by atoms with Crippen LogP contribution in [0.3, 0.4) is 0 Å². The molecule has 1 aliphatic heterocycles. The summed E-state index contributed by atoms with van der Waals surface area (Å²) in [6.45, 7) is 3.75. The van der Waals surface area contributed by atoms with Crippen LogP contribution in [-0.4, -0.2) is 59.8 Å². The lowest BCUT2D eigenvalue weighted by Crippen LogP contribution is -2.48. The van der Waals surface area contributed by atoms with Crippen LogP contribution >= 0.6 is 11.8 Å². The maximum atomic E-state index is 11.3. The summed E-state index contributed by atoms with van der Waals surface area (Å²) in [5, 5.41) is 9.90. The van der Waals surface area contributed by atoms with E-state index in [4.69, 9.17) is 0 Å². The van der Waals surface area contributed by atoms with Gasteiger partial charge in [-0.2, -0.15) is 11.8 Å². The van der Waals surface area contributed by atoms with Crippen molar-refractivity contribution < 1.29 is 14.6 Å². The van der Waals surface area contributed by atoms with Crippen molar-refractivity contribution in [3.8, 4) is 0 Å². The number of hydrogen-bond acceptors (Lipinski definition) is 5. The van der Waals surface area contributed by atoms with Crippen LogP contribution in [0.4, 0.5) is 0 Å². The lowest BCUT2D eigenvalue weighted by Gasteiger charge is -2.28. The summed E-state index contributed by atoms with van der Waals surface area (Å²) in [5.41, 5.74) is -1.39. The highest BCUT2D eigenvalue weighted by atomic mass is 32.2. The average Bonchev–Trinajstić information content (AvgIpc) is 2.44. The summed E-state index contributed by atoms with van der Waals surface area (Å²) in [6.07, 6.45) is 1.11. The predicted molar refractivity (Wildman–Crippen MR) is 61.0 cm³/mol. The molecule has 15 heavy (non-hydrogen) atoms. The molecule has 88 valence electrons. The van der Waals surface area contributed by atoms with Crippen LogP contribution in [0.1, 0.15) is 13.3 Å². The Labute approximate surface area is 95.0 Å². The molecule has 0 aromatic rings. The molecule has 0 aromatic carbocycles. The molecule has 5 heteroatoms. The number of aliphatic hydroxyl groups is 1. The molecule has 0 amide bonds. The lowest BCUT2D eigenvalue weighted by molar-refractivity contribution is -0.162. The first-order valence-electron chi connectivity index (χ1n) is 5.17. The van der Waals surface area contributed by atoms with E-state index in [0.29, 0.717) is 6.54 Å². The summed E-state index contributed by atoms with van der Waals surface area (Å²) < 4.78 is 4.57. The second-order valence-electron chi connectivity index (χ2n) is 4.01. The van der Waals surface area contributed by atoms with Crippen molar-refractivity contribution in [3.05, 3.63) is 0 Å². The fourth-order valence-corrected chi connectivity index (χ4v) is 2.60. The Bertz CT molecular complexity index is 213. The number of carbonyl (C=O) groups is 1. The summed E-state index contributed by atoms with van der Waals surface area (Å²) in [6, 6.07) is 0. The SMILES string of the molecule is COC(=O)C(C)(O)CN1CCCSCC1. The number of thioether (sulfide) groups is 1. The molecule has 1 unspecified atom stereocenters. The number of β-amino-alcohol motifs (C(OH)–C–C–N with tert-alkyl or cyclic N) is 1. The van der Waals surface area contributed by atoms with Gasteiger partial charge in [0, 0.05) is 18.8 Å². The minimum Gasteiger partial charge on any atom is -0.467 e. The number of rotatable bonds is 3. The second-order valence-corrected chi connectivity index (χ2v) is 5.23. The Kier molecular flexibility index (Phi) is 4.89. The summed E-state index contributed by atoms with van der Waals surface area (Å²) >= 11 is 1.92. The van der Waals surface area contributed by atoms with Crippen LogP contribution in [0.5, 0.6) is 0 Å². The maximum Gasteiger partial charge on any atom is 0.338 e. The van der Waals surface area contributed by atoms with Gasteiger partial charge in [-0.1, -0.05) is 0 Å². The van der Waals surface area contributed by atoms with Crippen molar-refractivity contribution in [2.75, 3.05) is 38.2 Å². The Balaban J connectivity index is 2.47. The van der Waals surface area contributed by atoms with Crippen LogP contribution in [-0.2, 0) is 9.53 Å². The van der Waals surface area contributed by atoms with E-state index in [0.717, 1.165) is 31.0 Å². The molecular formula is C10H19NO3S. The molecule has 0 aliphatic carbocycles. The third-order valence-corrected chi connectivity index (χ3v) is 3.52. The monoisotopic (exact) mass is 233 g/mol. The molecule has 1 saturated heterocycles. The van der Waals surface area contributed by atoms with Crippen LogP contribution in [0.2, 0.25) is 0 Å². The van der Waals surface area contributed by atoms with Gasteiger partial charge in [-0.3, -0.25) is 4.90 Å². The smallest absolute Gasteiger partial charge is 0.338 e. The van der Waals surface area contributed by atoms with Gasteiger partial charge >= 0.3 is 5.97 Å². The van der Waals surface area contributed by atoms with E-state index < -0.39 is 11.6 Å². The van der Waals surface area contributed by atoms with Crippen molar-refractivity contribution in [1.82, 2.24) is 4.90 Å². The number of hydrogen-bond donors (Lipinski definition) is 1. The van der Waals surface area contributed by atoms with E-state index in [1.54, 1.807) is 0 Å². The van der Waals surface area contributed by atoms with E-state index in [-0.39, 0.29) is 0 Å². The third-order valence-electron chi connectivity index (χ3n) is 2.47. The molecule has 4 nitrogen and oxygen atoms in total. The van der Waals surface area contributed by atoms with Crippen LogP contribution in [0.25, 0.3) is 0 Å². The zero-order valence-corrected chi connectivity index (χ0v) is 10.2. The molecule has 0 spiro atoms. The van der Waals surface area contributed by atoms with Gasteiger partial charge in [0.1, 0.15) is 0 Å². The fraction of sp³-hybridized carbons (Fsp3) is 0.900. The van der Waals surface area contributed by atoms with Crippen molar-refractivity contribution >= 4 is 17.7 Å². The summed E-state index contributed by atoms with van der Waals surface area (Å²) in [5.74, 6) is 1.67.